The smallest absolute Gasteiger partial charge is 0.265 e. The molecule has 0 radical (unpaired) electrons. The van der Waals surface area contributed by atoms with Crippen LogP contribution in [0.5, 0.6) is 0 Å². The van der Waals surface area contributed by atoms with Crippen LogP contribution in [0.4, 0.5) is 5.69 Å². The number of aliphatic hydroxyl groups is 1. The van der Waals surface area contributed by atoms with Crippen LogP contribution in [0.15, 0.2) is 41.8 Å². The number of rotatable bonds is 5. The first-order valence-electron chi connectivity index (χ1n) is 6.04. The van der Waals surface area contributed by atoms with Crippen molar-refractivity contribution in [3.05, 3.63) is 52.2 Å². The molecule has 0 atom stereocenters. The number of nitrogens with one attached hydrogen (secondary N) is 2. The molecule has 1 heterocycles. The van der Waals surface area contributed by atoms with E-state index in [0.29, 0.717) is 16.1 Å². The van der Waals surface area contributed by atoms with Crippen molar-refractivity contribution in [2.75, 3.05) is 18.5 Å². The van der Waals surface area contributed by atoms with Crippen LogP contribution in [-0.4, -0.2) is 30.1 Å². The van der Waals surface area contributed by atoms with Gasteiger partial charge in [0, 0.05) is 17.8 Å². The lowest BCUT2D eigenvalue weighted by atomic mass is 10.2. The highest BCUT2D eigenvalue weighted by atomic mass is 32.1. The van der Waals surface area contributed by atoms with Gasteiger partial charge in [-0.25, -0.2) is 0 Å². The Balaban J connectivity index is 1.98. The summed E-state index contributed by atoms with van der Waals surface area (Å²) < 4.78 is 0. The Morgan fingerprint density at radius 3 is 2.45 bits per heavy atom. The van der Waals surface area contributed by atoms with Crippen molar-refractivity contribution >= 4 is 28.8 Å². The zero-order valence-corrected chi connectivity index (χ0v) is 11.4. The van der Waals surface area contributed by atoms with Crippen molar-refractivity contribution in [1.29, 1.82) is 0 Å². The van der Waals surface area contributed by atoms with Crippen molar-refractivity contribution < 1.29 is 14.7 Å². The van der Waals surface area contributed by atoms with Gasteiger partial charge in [0.05, 0.1) is 11.5 Å². The molecule has 0 bridgehead atoms. The minimum atomic E-state index is -0.254. The zero-order chi connectivity index (χ0) is 14.4. The standard InChI is InChI=1S/C14H14N2O3S/c17-8-7-15-13(18)10-3-5-11(6-4-10)16-14(19)12-2-1-9-20-12/h1-6,9,17H,7-8H2,(H,15,18)(H,16,19). The van der Waals surface area contributed by atoms with Gasteiger partial charge in [-0.15, -0.1) is 11.3 Å². The maximum absolute atomic E-state index is 11.8. The fraction of sp³-hybridized carbons (Fsp3) is 0.143. The van der Waals surface area contributed by atoms with Crippen LogP contribution in [0.3, 0.4) is 0 Å². The molecular weight excluding hydrogens is 276 g/mol. The van der Waals surface area contributed by atoms with Gasteiger partial charge in [-0.1, -0.05) is 6.07 Å². The highest BCUT2D eigenvalue weighted by molar-refractivity contribution is 7.12. The molecule has 2 rings (SSSR count). The van der Waals surface area contributed by atoms with Crippen molar-refractivity contribution in [2.24, 2.45) is 0 Å². The number of benzene rings is 1. The van der Waals surface area contributed by atoms with Crippen LogP contribution in [0.25, 0.3) is 0 Å². The summed E-state index contributed by atoms with van der Waals surface area (Å²) in [4.78, 5) is 24.1. The first-order valence-corrected chi connectivity index (χ1v) is 6.92. The van der Waals surface area contributed by atoms with Crippen LogP contribution in [0, 0.1) is 0 Å². The molecule has 0 aliphatic heterocycles. The minimum Gasteiger partial charge on any atom is -0.395 e. The van der Waals surface area contributed by atoms with E-state index in [-0.39, 0.29) is 25.0 Å². The molecule has 0 saturated heterocycles. The number of hydrogen-bond donors (Lipinski definition) is 3. The van der Waals surface area contributed by atoms with Crippen molar-refractivity contribution in [2.45, 2.75) is 0 Å². The highest BCUT2D eigenvalue weighted by Crippen LogP contribution is 2.14. The second-order valence-corrected chi connectivity index (χ2v) is 4.94. The summed E-state index contributed by atoms with van der Waals surface area (Å²) in [5.41, 5.74) is 1.11. The minimum absolute atomic E-state index is 0.0965. The average Bonchev–Trinajstić information content (AvgIpc) is 3.00. The molecular formula is C14H14N2O3S. The maximum Gasteiger partial charge on any atom is 0.265 e. The molecule has 2 aromatic rings. The van der Waals surface area contributed by atoms with Crippen molar-refractivity contribution in [3.8, 4) is 0 Å². The summed E-state index contributed by atoms with van der Waals surface area (Å²) in [7, 11) is 0. The molecule has 0 fully saturated rings. The van der Waals surface area contributed by atoms with Gasteiger partial charge in [-0.3, -0.25) is 9.59 Å². The van der Waals surface area contributed by atoms with E-state index in [2.05, 4.69) is 10.6 Å². The van der Waals surface area contributed by atoms with Crippen LogP contribution < -0.4 is 10.6 Å². The monoisotopic (exact) mass is 290 g/mol. The van der Waals surface area contributed by atoms with E-state index in [0.717, 1.165) is 0 Å². The first-order chi connectivity index (χ1) is 9.70. The molecule has 104 valence electrons. The molecule has 20 heavy (non-hydrogen) atoms. The molecule has 0 unspecified atom stereocenters. The lowest BCUT2D eigenvalue weighted by molar-refractivity contribution is 0.0944. The third kappa shape index (κ3) is 3.66. The van der Waals surface area contributed by atoms with E-state index in [4.69, 9.17) is 5.11 Å². The van der Waals surface area contributed by atoms with Gasteiger partial charge in [0.15, 0.2) is 0 Å². The van der Waals surface area contributed by atoms with Crippen molar-refractivity contribution in [3.63, 3.8) is 0 Å². The second kappa shape index (κ2) is 6.83. The van der Waals surface area contributed by atoms with E-state index >= 15 is 0 Å². The van der Waals surface area contributed by atoms with Gasteiger partial charge < -0.3 is 15.7 Å². The van der Waals surface area contributed by atoms with Crippen molar-refractivity contribution in [1.82, 2.24) is 5.32 Å². The molecule has 0 aliphatic rings. The van der Waals surface area contributed by atoms with E-state index in [1.807, 2.05) is 11.4 Å². The van der Waals surface area contributed by atoms with Gasteiger partial charge in [0.1, 0.15) is 0 Å². The largest absolute Gasteiger partial charge is 0.395 e. The molecule has 0 spiro atoms. The van der Waals surface area contributed by atoms with E-state index in [1.54, 1.807) is 30.3 Å². The molecule has 0 saturated carbocycles. The molecule has 0 aliphatic carbocycles. The van der Waals surface area contributed by atoms with Gasteiger partial charge in [-0.05, 0) is 35.7 Å². The van der Waals surface area contributed by atoms with Gasteiger partial charge in [0.25, 0.3) is 11.8 Å². The normalized spacial score (nSPS) is 10.1. The molecule has 2 amide bonds. The average molecular weight is 290 g/mol. The van der Waals surface area contributed by atoms with Crippen LogP contribution in [0.2, 0.25) is 0 Å². The van der Waals surface area contributed by atoms with Gasteiger partial charge >= 0.3 is 0 Å². The zero-order valence-electron chi connectivity index (χ0n) is 10.6. The van der Waals surface area contributed by atoms with Gasteiger partial charge in [0.2, 0.25) is 0 Å². The first kappa shape index (κ1) is 14.2. The Morgan fingerprint density at radius 1 is 1.10 bits per heavy atom. The number of thiophene rings is 1. The van der Waals surface area contributed by atoms with Crippen LogP contribution >= 0.6 is 11.3 Å². The predicted octanol–water partition coefficient (Wildman–Crippen LogP) is 1.72. The summed E-state index contributed by atoms with van der Waals surface area (Å²) in [6.07, 6.45) is 0. The number of aliphatic hydroxyl groups excluding tert-OH is 1. The Kier molecular flexibility index (Phi) is 4.86. The van der Waals surface area contributed by atoms with Gasteiger partial charge in [-0.2, -0.15) is 0 Å². The van der Waals surface area contributed by atoms with Crippen LogP contribution in [0.1, 0.15) is 20.0 Å². The number of carbonyl (C=O) groups is 2. The number of carbonyl (C=O) groups excluding carboxylic acids is 2. The second-order valence-electron chi connectivity index (χ2n) is 3.99. The summed E-state index contributed by atoms with van der Waals surface area (Å²) in [6, 6.07) is 10.1. The summed E-state index contributed by atoms with van der Waals surface area (Å²) in [6.45, 7) is 0.121. The Hall–Kier alpha value is -2.18. The van der Waals surface area contributed by atoms with Crippen LogP contribution in [-0.2, 0) is 0 Å². The Morgan fingerprint density at radius 2 is 1.85 bits per heavy atom. The highest BCUT2D eigenvalue weighted by Gasteiger charge is 2.08. The molecule has 5 nitrogen and oxygen atoms in total. The fourth-order valence-corrected chi connectivity index (χ4v) is 2.20. The fourth-order valence-electron chi connectivity index (χ4n) is 1.58. The number of hydrogen-bond acceptors (Lipinski definition) is 4. The Labute approximate surface area is 120 Å². The summed E-state index contributed by atoms with van der Waals surface area (Å²) in [5.74, 6) is -0.423. The quantitative estimate of drug-likeness (QED) is 0.784. The maximum atomic E-state index is 11.8. The third-order valence-corrected chi connectivity index (χ3v) is 3.42. The lowest BCUT2D eigenvalue weighted by Crippen LogP contribution is -2.26. The third-order valence-electron chi connectivity index (χ3n) is 2.55. The van der Waals surface area contributed by atoms with E-state index in [1.165, 1.54) is 11.3 Å². The van der Waals surface area contributed by atoms with E-state index in [9.17, 15) is 9.59 Å². The van der Waals surface area contributed by atoms with E-state index < -0.39 is 0 Å². The summed E-state index contributed by atoms with van der Waals surface area (Å²) in [5, 5.41) is 15.8. The molecule has 6 heteroatoms. The Bertz CT molecular complexity index is 579. The lowest BCUT2D eigenvalue weighted by Gasteiger charge is -2.06. The predicted molar refractivity (Wildman–Crippen MR) is 78.1 cm³/mol. The molecule has 3 N–H and O–H groups in total. The molecule has 1 aromatic heterocycles. The number of amides is 2. The number of anilines is 1. The SMILES string of the molecule is O=C(NCCO)c1ccc(NC(=O)c2cccs2)cc1. The summed E-state index contributed by atoms with van der Waals surface area (Å²) >= 11 is 1.37. The molecule has 1 aromatic carbocycles. The topological polar surface area (TPSA) is 78.4 Å².